The van der Waals surface area contributed by atoms with Crippen LogP contribution in [0, 0.1) is 0 Å². The van der Waals surface area contributed by atoms with E-state index in [0.29, 0.717) is 5.39 Å². The quantitative estimate of drug-likeness (QED) is 0.190. The minimum Gasteiger partial charge on any atom is -0.756 e. The highest BCUT2D eigenvalue weighted by atomic mass is 31.3. The summed E-state index contributed by atoms with van der Waals surface area (Å²) in [6.07, 6.45) is -3.94. The first kappa shape index (κ1) is 29.7. The molecular formula is C20H19N5O13P3-3. The number of aliphatic hydroxyl groups is 2. The number of benzene rings is 2. The number of aliphatic hydroxyl groups excluding tert-OH is 2. The van der Waals surface area contributed by atoms with E-state index >= 15 is 0 Å². The second-order valence-corrected chi connectivity index (χ2v) is 13.0. The average molecular weight is 630 g/mol. The summed E-state index contributed by atoms with van der Waals surface area (Å²) in [7, 11) is -17.7. The molecule has 220 valence electrons. The largest absolute Gasteiger partial charge is 0.756 e. The van der Waals surface area contributed by atoms with Crippen LogP contribution in [0.15, 0.2) is 55.1 Å². The van der Waals surface area contributed by atoms with Crippen LogP contribution in [0.25, 0.3) is 21.9 Å². The molecule has 0 saturated carbocycles. The number of nitrogens with two attached hydrogens (primary N) is 1. The molecule has 3 heterocycles. The zero-order chi connectivity index (χ0) is 29.6. The van der Waals surface area contributed by atoms with Crippen molar-refractivity contribution in [1.82, 2.24) is 19.5 Å². The number of fused-ring (bicyclic) bond motifs is 2. The third-order valence-electron chi connectivity index (χ3n) is 5.73. The van der Waals surface area contributed by atoms with Gasteiger partial charge in [-0.2, -0.15) is 0 Å². The van der Waals surface area contributed by atoms with E-state index in [1.165, 1.54) is 29.1 Å². The van der Waals surface area contributed by atoms with E-state index in [-0.39, 0.29) is 22.7 Å². The van der Waals surface area contributed by atoms with Crippen LogP contribution >= 0.6 is 23.5 Å². The Morgan fingerprint density at radius 1 is 0.927 bits per heavy atom. The standard InChI is InChI=1S/C20H22N5O13P3/c21-18-15-19(23-9-22-18)25(10-24-15)20-17(27)16(26)14(35-20)8-34-39(28,29)37-41(32,33)38-40(30,31)36-13-6-5-11-3-1-2-4-12(11)7-13/h1-7,9-10,14,16-17,20,26-27H,8H2,(H,28,29)(H,30,31)(H,32,33)(H2,21,22,23)/p-3/t14-,16?,17+,20-/m1/s1. The van der Waals surface area contributed by atoms with Gasteiger partial charge in [0, 0.05) is 0 Å². The van der Waals surface area contributed by atoms with Gasteiger partial charge in [-0.3, -0.25) is 18.3 Å². The van der Waals surface area contributed by atoms with Crippen LogP contribution in [0.5, 0.6) is 5.75 Å². The minimum atomic E-state index is -6.14. The number of nitrogen functional groups attached to an aromatic ring is 1. The SMILES string of the molecule is Nc1ncnc2c1ncn2[C@@H]1O[C@H](COP(=O)([O-])OP(=O)([O-])OP(=O)([O-])Oc2ccc3ccccc3c2)C(O)[C@@H]1O. The molecule has 5 rings (SSSR count). The van der Waals surface area contributed by atoms with Gasteiger partial charge >= 0.3 is 7.82 Å². The molecule has 21 heteroatoms. The molecule has 2 aromatic heterocycles. The second kappa shape index (κ2) is 11.1. The van der Waals surface area contributed by atoms with Crippen LogP contribution in [-0.2, 0) is 31.6 Å². The number of phosphoric acid groups is 3. The Bertz CT molecular complexity index is 1740. The molecule has 1 aliphatic rings. The molecule has 0 bridgehead atoms. The fourth-order valence-corrected chi connectivity index (χ4v) is 7.34. The smallest absolute Gasteiger partial charge is 0.326 e. The van der Waals surface area contributed by atoms with Gasteiger partial charge in [0.1, 0.15) is 35.9 Å². The number of ether oxygens (including phenoxy) is 1. The van der Waals surface area contributed by atoms with Gasteiger partial charge in [-0.1, -0.05) is 30.3 Å². The lowest BCUT2D eigenvalue weighted by atomic mass is 10.1. The van der Waals surface area contributed by atoms with Crippen molar-refractivity contribution in [3.8, 4) is 5.75 Å². The van der Waals surface area contributed by atoms with Gasteiger partial charge in [-0.25, -0.2) is 23.6 Å². The molecule has 0 spiro atoms. The summed E-state index contributed by atoms with van der Waals surface area (Å²) < 4.78 is 59.8. The van der Waals surface area contributed by atoms with Gasteiger partial charge in [0.25, 0.3) is 15.6 Å². The van der Waals surface area contributed by atoms with E-state index in [2.05, 4.69) is 32.6 Å². The summed E-state index contributed by atoms with van der Waals surface area (Å²) in [4.78, 5) is 48.1. The zero-order valence-corrected chi connectivity index (χ0v) is 23.0. The Labute approximate surface area is 229 Å². The van der Waals surface area contributed by atoms with Crippen LogP contribution in [0.2, 0.25) is 0 Å². The first-order chi connectivity index (χ1) is 19.2. The van der Waals surface area contributed by atoms with Crippen LogP contribution in [0.3, 0.4) is 0 Å². The van der Waals surface area contributed by atoms with Gasteiger partial charge in [0.15, 0.2) is 17.7 Å². The molecule has 41 heavy (non-hydrogen) atoms. The monoisotopic (exact) mass is 630 g/mol. The molecular weight excluding hydrogens is 611 g/mol. The van der Waals surface area contributed by atoms with Crippen molar-refractivity contribution in [1.29, 1.82) is 0 Å². The van der Waals surface area contributed by atoms with Crippen molar-refractivity contribution in [3.63, 3.8) is 0 Å². The summed E-state index contributed by atoms with van der Waals surface area (Å²) >= 11 is 0. The highest BCUT2D eigenvalue weighted by Crippen LogP contribution is 2.62. The van der Waals surface area contributed by atoms with E-state index in [1.807, 2.05) is 0 Å². The summed E-state index contributed by atoms with van der Waals surface area (Å²) in [6.45, 7) is -1.05. The van der Waals surface area contributed by atoms with Crippen LogP contribution < -0.4 is 24.9 Å². The molecule has 0 radical (unpaired) electrons. The fraction of sp³-hybridized carbons (Fsp3) is 0.250. The number of nitrogens with zero attached hydrogens (tertiary/aromatic N) is 4. The summed E-state index contributed by atoms with van der Waals surface area (Å²) in [5.41, 5.74) is 6.02. The molecule has 1 aliphatic heterocycles. The third kappa shape index (κ3) is 6.65. The average Bonchev–Trinajstić information content (AvgIpc) is 3.43. The van der Waals surface area contributed by atoms with Crippen molar-refractivity contribution in [2.45, 2.75) is 24.5 Å². The molecule has 18 nitrogen and oxygen atoms in total. The van der Waals surface area contributed by atoms with E-state index in [1.54, 1.807) is 24.3 Å². The molecule has 7 atom stereocenters. The van der Waals surface area contributed by atoms with E-state index in [0.717, 1.165) is 11.7 Å². The summed E-state index contributed by atoms with van der Waals surface area (Å²) in [5.74, 6) is -0.287. The highest BCUT2D eigenvalue weighted by molar-refractivity contribution is 7.65. The van der Waals surface area contributed by atoms with Gasteiger partial charge in [-0.15, -0.1) is 0 Å². The number of phosphoric ester groups is 2. The van der Waals surface area contributed by atoms with Crippen LogP contribution in [0.4, 0.5) is 5.82 Å². The lowest BCUT2D eigenvalue weighted by Gasteiger charge is -2.34. The molecule has 1 fully saturated rings. The van der Waals surface area contributed by atoms with Crippen molar-refractivity contribution in [3.05, 3.63) is 55.1 Å². The highest BCUT2D eigenvalue weighted by Gasteiger charge is 2.45. The molecule has 0 aliphatic carbocycles. The molecule has 4 aromatic rings. The van der Waals surface area contributed by atoms with Crippen molar-refractivity contribution < 1.29 is 61.0 Å². The van der Waals surface area contributed by atoms with E-state index < -0.39 is 54.6 Å². The van der Waals surface area contributed by atoms with E-state index in [9.17, 15) is 38.6 Å². The van der Waals surface area contributed by atoms with Crippen molar-refractivity contribution in [2.24, 2.45) is 0 Å². The summed E-state index contributed by atoms with van der Waals surface area (Å²) in [5, 5.41) is 22.0. The molecule has 0 amide bonds. The van der Waals surface area contributed by atoms with Crippen LogP contribution in [-0.4, -0.2) is 54.7 Å². The third-order valence-corrected chi connectivity index (χ3v) is 9.83. The number of anilines is 1. The molecule has 4 unspecified atom stereocenters. The second-order valence-electron chi connectivity index (χ2n) is 8.53. The lowest BCUT2D eigenvalue weighted by molar-refractivity contribution is -0.249. The Kier molecular flexibility index (Phi) is 8.04. The number of aromatic nitrogens is 4. The normalized spacial score (nSPS) is 25.5. The molecule has 2 aromatic carbocycles. The van der Waals surface area contributed by atoms with E-state index in [4.69, 9.17) is 10.5 Å². The molecule has 1 saturated heterocycles. The zero-order valence-electron chi connectivity index (χ0n) is 20.3. The van der Waals surface area contributed by atoms with Crippen LogP contribution in [0.1, 0.15) is 6.23 Å². The van der Waals surface area contributed by atoms with Gasteiger partial charge in [-0.05, 0) is 22.9 Å². The maximum Gasteiger partial charge on any atom is 0.326 e. The number of hydrogen-bond donors (Lipinski definition) is 3. The predicted octanol–water partition coefficient (Wildman–Crippen LogP) is -0.285. The first-order valence-corrected chi connectivity index (χ1v) is 15.8. The lowest BCUT2D eigenvalue weighted by Crippen LogP contribution is -2.34. The van der Waals surface area contributed by atoms with Gasteiger partial charge < -0.3 is 44.4 Å². The van der Waals surface area contributed by atoms with Gasteiger partial charge in [0.2, 0.25) is 0 Å². The maximum atomic E-state index is 12.2. The van der Waals surface area contributed by atoms with Gasteiger partial charge in [0.05, 0.1) is 12.9 Å². The number of hydrogen-bond acceptors (Lipinski definition) is 17. The predicted molar refractivity (Wildman–Crippen MR) is 131 cm³/mol. The Morgan fingerprint density at radius 2 is 1.63 bits per heavy atom. The maximum absolute atomic E-state index is 12.2. The topological polar surface area (TPSA) is 277 Å². The number of rotatable bonds is 10. The Morgan fingerprint density at radius 3 is 2.39 bits per heavy atom. The summed E-state index contributed by atoms with van der Waals surface area (Å²) in [6, 6.07) is 10.8. The first-order valence-electron chi connectivity index (χ1n) is 11.4. The molecule has 4 N–H and O–H groups in total. The fourth-order valence-electron chi connectivity index (χ4n) is 3.97. The van der Waals surface area contributed by atoms with Crippen molar-refractivity contribution in [2.75, 3.05) is 12.3 Å². The Hall–Kier alpha value is -2.82. The number of imidazole rings is 1. The minimum absolute atomic E-state index is 0.0284. The Balaban J connectivity index is 1.20. The van der Waals surface area contributed by atoms with Crippen molar-refractivity contribution >= 4 is 51.2 Å².